The largest absolute Gasteiger partial charge is 0.482 e. The number of carbonyl (C=O) groups is 2. The van der Waals surface area contributed by atoms with E-state index in [1.54, 1.807) is 48.5 Å². The zero-order valence-electron chi connectivity index (χ0n) is 14.1. The van der Waals surface area contributed by atoms with Crippen molar-refractivity contribution < 1.29 is 24.2 Å². The van der Waals surface area contributed by atoms with E-state index in [0.717, 1.165) is 0 Å². The van der Waals surface area contributed by atoms with E-state index in [2.05, 4.69) is 10.1 Å². The van der Waals surface area contributed by atoms with E-state index < -0.39 is 12.1 Å². The second kappa shape index (κ2) is 9.20. The Hall–Kier alpha value is -3.37. The van der Waals surface area contributed by atoms with E-state index in [-0.39, 0.29) is 19.1 Å². The molecule has 1 unspecified atom stereocenters. The van der Waals surface area contributed by atoms with Crippen LogP contribution in [0.4, 0.5) is 0 Å². The van der Waals surface area contributed by atoms with Crippen LogP contribution < -0.4 is 10.1 Å². The van der Waals surface area contributed by atoms with Gasteiger partial charge in [-0.25, -0.2) is 4.79 Å². The third-order valence-corrected chi connectivity index (χ3v) is 3.58. The first-order valence-electron chi connectivity index (χ1n) is 7.79. The number of rotatable bonds is 7. The lowest BCUT2D eigenvalue weighted by atomic mass is 10.1. The highest BCUT2D eigenvalue weighted by Crippen LogP contribution is 2.17. The lowest BCUT2D eigenvalue weighted by Crippen LogP contribution is -2.28. The monoisotopic (exact) mass is 354 g/mol. The highest BCUT2D eigenvalue weighted by molar-refractivity contribution is 5.94. The van der Waals surface area contributed by atoms with E-state index in [4.69, 9.17) is 10.00 Å². The van der Waals surface area contributed by atoms with Crippen molar-refractivity contribution in [2.45, 2.75) is 6.10 Å². The van der Waals surface area contributed by atoms with Crippen LogP contribution in [0.1, 0.15) is 27.6 Å². The molecule has 0 spiro atoms. The van der Waals surface area contributed by atoms with Crippen molar-refractivity contribution in [3.05, 3.63) is 65.2 Å². The van der Waals surface area contributed by atoms with Gasteiger partial charge in [-0.15, -0.1) is 0 Å². The van der Waals surface area contributed by atoms with E-state index >= 15 is 0 Å². The molecule has 0 bridgehead atoms. The zero-order chi connectivity index (χ0) is 18.9. The Kier molecular flexibility index (Phi) is 6.71. The van der Waals surface area contributed by atoms with E-state index in [1.807, 2.05) is 6.07 Å². The van der Waals surface area contributed by atoms with Crippen LogP contribution in [-0.4, -0.2) is 37.2 Å². The smallest absolute Gasteiger partial charge is 0.343 e. The van der Waals surface area contributed by atoms with Crippen molar-refractivity contribution in [2.75, 3.05) is 20.3 Å². The number of carbonyl (C=O) groups excluding carboxylic acids is 2. The average Bonchev–Trinajstić information content (AvgIpc) is 2.70. The van der Waals surface area contributed by atoms with Crippen LogP contribution in [0, 0.1) is 11.3 Å². The standard InChI is InChI=1S/C19H18N2O5/c1-25-18(23)12-26-16-8-6-14(7-9-16)17(22)11-21-19(24)15-4-2-13(10-20)3-5-15/h2-9,17,22H,11-12H2,1H3,(H,21,24). The fraction of sp³-hybridized carbons (Fsp3) is 0.211. The van der Waals surface area contributed by atoms with Crippen molar-refractivity contribution in [1.29, 1.82) is 5.26 Å². The third-order valence-electron chi connectivity index (χ3n) is 3.58. The molecule has 2 aromatic carbocycles. The van der Waals surface area contributed by atoms with Crippen LogP contribution in [0.15, 0.2) is 48.5 Å². The zero-order valence-corrected chi connectivity index (χ0v) is 14.1. The Morgan fingerprint density at radius 2 is 1.81 bits per heavy atom. The molecule has 7 heteroatoms. The number of nitriles is 1. The maximum Gasteiger partial charge on any atom is 0.343 e. The molecule has 1 atom stereocenters. The first-order chi connectivity index (χ1) is 12.5. The Bertz CT molecular complexity index is 794. The molecule has 0 radical (unpaired) electrons. The number of amides is 1. The minimum absolute atomic E-state index is 0.0290. The van der Waals surface area contributed by atoms with Gasteiger partial charge in [0.15, 0.2) is 6.61 Å². The minimum Gasteiger partial charge on any atom is -0.482 e. The highest BCUT2D eigenvalue weighted by Gasteiger charge is 2.11. The van der Waals surface area contributed by atoms with E-state index in [0.29, 0.717) is 22.4 Å². The predicted molar refractivity (Wildman–Crippen MR) is 92.4 cm³/mol. The number of aliphatic hydroxyl groups is 1. The molecule has 2 rings (SSSR count). The molecular weight excluding hydrogens is 336 g/mol. The molecule has 0 saturated carbocycles. The molecular formula is C19H18N2O5. The normalized spacial score (nSPS) is 11.1. The summed E-state index contributed by atoms with van der Waals surface area (Å²) >= 11 is 0. The van der Waals surface area contributed by atoms with Crippen LogP contribution in [0.25, 0.3) is 0 Å². The number of nitrogens with zero attached hydrogens (tertiary/aromatic N) is 1. The Morgan fingerprint density at radius 1 is 1.15 bits per heavy atom. The van der Waals surface area contributed by atoms with E-state index in [9.17, 15) is 14.7 Å². The van der Waals surface area contributed by atoms with Crippen LogP contribution in [-0.2, 0) is 9.53 Å². The van der Waals surface area contributed by atoms with Crippen molar-refractivity contribution in [1.82, 2.24) is 5.32 Å². The molecule has 0 aromatic heterocycles. The topological polar surface area (TPSA) is 109 Å². The van der Waals surface area contributed by atoms with Gasteiger partial charge in [-0.2, -0.15) is 5.26 Å². The number of ether oxygens (including phenoxy) is 2. The highest BCUT2D eigenvalue weighted by atomic mass is 16.6. The number of esters is 1. The van der Waals surface area contributed by atoms with E-state index in [1.165, 1.54) is 7.11 Å². The maximum atomic E-state index is 12.0. The molecule has 2 N–H and O–H groups in total. The van der Waals surface area contributed by atoms with Gasteiger partial charge in [0.25, 0.3) is 5.91 Å². The van der Waals surface area contributed by atoms with Gasteiger partial charge in [0.2, 0.25) is 0 Å². The van der Waals surface area contributed by atoms with Gasteiger partial charge < -0.3 is 19.9 Å². The summed E-state index contributed by atoms with van der Waals surface area (Å²) in [7, 11) is 1.28. The molecule has 0 fully saturated rings. The summed E-state index contributed by atoms with van der Waals surface area (Å²) in [6.45, 7) is -0.166. The van der Waals surface area contributed by atoms with Crippen molar-refractivity contribution in [3.8, 4) is 11.8 Å². The molecule has 7 nitrogen and oxygen atoms in total. The summed E-state index contributed by atoms with van der Waals surface area (Å²) < 4.78 is 9.70. The second-order valence-electron chi connectivity index (χ2n) is 5.35. The lowest BCUT2D eigenvalue weighted by molar-refractivity contribution is -0.142. The first-order valence-corrected chi connectivity index (χ1v) is 7.79. The van der Waals surface area contributed by atoms with Crippen LogP contribution in [0.2, 0.25) is 0 Å². The predicted octanol–water partition coefficient (Wildman–Crippen LogP) is 1.57. The van der Waals surface area contributed by atoms with Gasteiger partial charge in [0.1, 0.15) is 5.75 Å². The SMILES string of the molecule is COC(=O)COc1ccc(C(O)CNC(=O)c2ccc(C#N)cc2)cc1. The van der Waals surface area contributed by atoms with Gasteiger partial charge >= 0.3 is 5.97 Å². The molecule has 0 aliphatic rings. The fourth-order valence-electron chi connectivity index (χ4n) is 2.09. The molecule has 0 saturated heterocycles. The van der Waals surface area contributed by atoms with Crippen LogP contribution in [0.5, 0.6) is 5.75 Å². The van der Waals surface area contributed by atoms with Crippen molar-refractivity contribution in [2.24, 2.45) is 0 Å². The Labute approximate surface area is 150 Å². The van der Waals surface area contributed by atoms with Gasteiger partial charge in [0.05, 0.1) is 24.8 Å². The average molecular weight is 354 g/mol. The number of hydrogen-bond donors (Lipinski definition) is 2. The molecule has 134 valence electrons. The Morgan fingerprint density at radius 3 is 2.38 bits per heavy atom. The van der Waals surface area contributed by atoms with Gasteiger partial charge in [-0.05, 0) is 42.0 Å². The van der Waals surface area contributed by atoms with Gasteiger partial charge in [-0.3, -0.25) is 4.79 Å². The lowest BCUT2D eigenvalue weighted by Gasteiger charge is -2.13. The third kappa shape index (κ3) is 5.33. The molecule has 1 amide bonds. The first kappa shape index (κ1) is 19.0. The summed E-state index contributed by atoms with van der Waals surface area (Å²) in [4.78, 5) is 23.1. The number of nitrogens with one attached hydrogen (secondary N) is 1. The number of aliphatic hydroxyl groups excluding tert-OH is 1. The molecule has 2 aromatic rings. The number of hydrogen-bond acceptors (Lipinski definition) is 6. The summed E-state index contributed by atoms with van der Waals surface area (Å²) in [6.07, 6.45) is -0.896. The fourth-order valence-corrected chi connectivity index (χ4v) is 2.09. The number of benzene rings is 2. The summed E-state index contributed by atoms with van der Waals surface area (Å²) in [5, 5.41) is 21.6. The summed E-state index contributed by atoms with van der Waals surface area (Å²) in [5.41, 5.74) is 1.47. The van der Waals surface area contributed by atoms with Crippen molar-refractivity contribution in [3.63, 3.8) is 0 Å². The maximum absolute atomic E-state index is 12.0. The van der Waals surface area contributed by atoms with Crippen molar-refractivity contribution >= 4 is 11.9 Å². The van der Waals surface area contributed by atoms with Gasteiger partial charge in [0, 0.05) is 12.1 Å². The quantitative estimate of drug-likeness (QED) is 0.731. The Balaban J connectivity index is 1.86. The molecule has 0 aliphatic heterocycles. The molecule has 26 heavy (non-hydrogen) atoms. The van der Waals surface area contributed by atoms with Gasteiger partial charge in [-0.1, -0.05) is 12.1 Å². The number of methoxy groups -OCH3 is 1. The minimum atomic E-state index is -0.896. The second-order valence-corrected chi connectivity index (χ2v) is 5.35. The summed E-state index contributed by atoms with van der Waals surface area (Å²) in [5.74, 6) is -0.362. The summed E-state index contributed by atoms with van der Waals surface area (Å²) in [6, 6.07) is 14.7. The van der Waals surface area contributed by atoms with Crippen LogP contribution >= 0.6 is 0 Å². The van der Waals surface area contributed by atoms with Crippen LogP contribution in [0.3, 0.4) is 0 Å². The molecule has 0 aliphatic carbocycles. The molecule has 0 heterocycles.